The number of carboxylic acid groups (broad SMARTS) is 1. The molecule has 0 aliphatic carbocycles. The van der Waals surface area contributed by atoms with Crippen LogP contribution in [-0.4, -0.2) is 28.7 Å². The maximum atomic E-state index is 10.9. The molecule has 0 amide bonds. The molecule has 1 aromatic rings. The standard InChI is InChI=1S/C13H20N2O3/c1-3-5-12(13(16)17)18-11-7-6-10(15-9-11)8-14-4-2/h6-7,9,12,14H,3-5,8H2,1-2H3,(H,16,17). The van der Waals surface area contributed by atoms with E-state index in [2.05, 4.69) is 10.3 Å². The second kappa shape index (κ2) is 7.66. The van der Waals surface area contributed by atoms with Gasteiger partial charge in [-0.3, -0.25) is 4.98 Å². The van der Waals surface area contributed by atoms with Crippen LogP contribution in [0.3, 0.4) is 0 Å². The summed E-state index contributed by atoms with van der Waals surface area (Å²) in [5.74, 6) is -0.440. The molecule has 1 rings (SSSR count). The van der Waals surface area contributed by atoms with Crippen LogP contribution in [0.15, 0.2) is 18.3 Å². The minimum absolute atomic E-state index is 0.495. The van der Waals surface area contributed by atoms with Crippen LogP contribution in [0.4, 0.5) is 0 Å². The number of aromatic nitrogens is 1. The van der Waals surface area contributed by atoms with Crippen molar-refractivity contribution in [3.8, 4) is 5.75 Å². The highest BCUT2D eigenvalue weighted by atomic mass is 16.5. The molecule has 1 unspecified atom stereocenters. The highest BCUT2D eigenvalue weighted by molar-refractivity contribution is 5.72. The van der Waals surface area contributed by atoms with Gasteiger partial charge < -0.3 is 15.2 Å². The first-order chi connectivity index (χ1) is 8.67. The molecular weight excluding hydrogens is 232 g/mol. The summed E-state index contributed by atoms with van der Waals surface area (Å²) in [7, 11) is 0. The second-order valence-corrected chi connectivity index (χ2v) is 4.00. The molecule has 2 N–H and O–H groups in total. The van der Waals surface area contributed by atoms with Gasteiger partial charge in [0, 0.05) is 6.54 Å². The fraction of sp³-hybridized carbons (Fsp3) is 0.538. The van der Waals surface area contributed by atoms with Crippen LogP contribution in [0.2, 0.25) is 0 Å². The van der Waals surface area contributed by atoms with E-state index in [4.69, 9.17) is 9.84 Å². The van der Waals surface area contributed by atoms with Gasteiger partial charge in [-0.15, -0.1) is 0 Å². The number of ether oxygens (including phenoxy) is 1. The highest BCUT2D eigenvalue weighted by Crippen LogP contribution is 2.13. The van der Waals surface area contributed by atoms with Crippen LogP contribution in [-0.2, 0) is 11.3 Å². The molecule has 0 saturated carbocycles. The van der Waals surface area contributed by atoms with Gasteiger partial charge in [-0.2, -0.15) is 0 Å². The van der Waals surface area contributed by atoms with Gasteiger partial charge in [0.15, 0.2) is 6.10 Å². The minimum Gasteiger partial charge on any atom is -0.479 e. The van der Waals surface area contributed by atoms with Crippen molar-refractivity contribution in [1.82, 2.24) is 10.3 Å². The lowest BCUT2D eigenvalue weighted by atomic mass is 10.2. The molecule has 0 aliphatic heterocycles. The summed E-state index contributed by atoms with van der Waals surface area (Å²) in [5.41, 5.74) is 0.909. The zero-order chi connectivity index (χ0) is 13.4. The molecule has 0 spiro atoms. The summed E-state index contributed by atoms with van der Waals surface area (Å²) in [6.45, 7) is 5.54. The van der Waals surface area contributed by atoms with E-state index in [1.807, 2.05) is 19.9 Å². The molecule has 0 bridgehead atoms. The highest BCUT2D eigenvalue weighted by Gasteiger charge is 2.18. The van der Waals surface area contributed by atoms with Gasteiger partial charge in [0.05, 0.1) is 11.9 Å². The van der Waals surface area contributed by atoms with Crippen molar-refractivity contribution in [2.24, 2.45) is 0 Å². The Morgan fingerprint density at radius 1 is 1.50 bits per heavy atom. The molecule has 1 atom stereocenters. The number of rotatable bonds is 8. The Morgan fingerprint density at radius 2 is 2.28 bits per heavy atom. The van der Waals surface area contributed by atoms with Gasteiger partial charge in [-0.25, -0.2) is 4.79 Å². The first-order valence-electron chi connectivity index (χ1n) is 6.22. The number of hydrogen-bond acceptors (Lipinski definition) is 4. The third kappa shape index (κ3) is 4.71. The molecule has 0 radical (unpaired) electrons. The van der Waals surface area contributed by atoms with Crippen LogP contribution in [0.25, 0.3) is 0 Å². The summed E-state index contributed by atoms with van der Waals surface area (Å²) in [6.07, 6.45) is 2.03. The number of aliphatic carboxylic acids is 1. The maximum Gasteiger partial charge on any atom is 0.344 e. The fourth-order valence-corrected chi connectivity index (χ4v) is 1.50. The quantitative estimate of drug-likeness (QED) is 0.738. The summed E-state index contributed by atoms with van der Waals surface area (Å²) in [6, 6.07) is 3.59. The molecule has 0 saturated heterocycles. The van der Waals surface area contributed by atoms with E-state index < -0.39 is 12.1 Å². The number of carbonyl (C=O) groups is 1. The van der Waals surface area contributed by atoms with Crippen LogP contribution in [0.5, 0.6) is 5.75 Å². The van der Waals surface area contributed by atoms with Crippen molar-refractivity contribution in [3.63, 3.8) is 0 Å². The van der Waals surface area contributed by atoms with Gasteiger partial charge in [0.2, 0.25) is 0 Å². The lowest BCUT2D eigenvalue weighted by Crippen LogP contribution is -2.26. The maximum absolute atomic E-state index is 10.9. The van der Waals surface area contributed by atoms with E-state index in [-0.39, 0.29) is 0 Å². The van der Waals surface area contributed by atoms with E-state index in [1.165, 1.54) is 0 Å². The molecular formula is C13H20N2O3. The number of pyridine rings is 1. The average molecular weight is 252 g/mol. The summed E-state index contributed by atoms with van der Waals surface area (Å²) < 4.78 is 5.39. The number of hydrogen-bond donors (Lipinski definition) is 2. The summed E-state index contributed by atoms with van der Waals surface area (Å²) >= 11 is 0. The SMILES string of the molecule is CCCC(Oc1ccc(CNCC)nc1)C(=O)O. The van der Waals surface area contributed by atoms with Gasteiger partial charge in [-0.05, 0) is 25.1 Å². The van der Waals surface area contributed by atoms with Crippen molar-refractivity contribution < 1.29 is 14.6 Å². The minimum atomic E-state index is -0.937. The molecule has 5 nitrogen and oxygen atoms in total. The van der Waals surface area contributed by atoms with E-state index in [0.717, 1.165) is 18.7 Å². The fourth-order valence-electron chi connectivity index (χ4n) is 1.50. The Bertz CT molecular complexity index is 365. The zero-order valence-corrected chi connectivity index (χ0v) is 10.8. The molecule has 0 fully saturated rings. The lowest BCUT2D eigenvalue weighted by molar-refractivity contribution is -0.145. The topological polar surface area (TPSA) is 71.5 Å². The molecule has 18 heavy (non-hydrogen) atoms. The van der Waals surface area contributed by atoms with Gasteiger partial charge in [0.25, 0.3) is 0 Å². The first-order valence-corrected chi connectivity index (χ1v) is 6.22. The van der Waals surface area contributed by atoms with Crippen LogP contribution in [0, 0.1) is 0 Å². The van der Waals surface area contributed by atoms with E-state index in [1.54, 1.807) is 12.3 Å². The Kier molecular flexibility index (Phi) is 6.14. The Labute approximate surface area is 107 Å². The predicted octanol–water partition coefficient (Wildman–Crippen LogP) is 1.82. The van der Waals surface area contributed by atoms with E-state index >= 15 is 0 Å². The van der Waals surface area contributed by atoms with Gasteiger partial charge in [0.1, 0.15) is 5.75 Å². The van der Waals surface area contributed by atoms with Crippen molar-refractivity contribution >= 4 is 5.97 Å². The van der Waals surface area contributed by atoms with Crippen molar-refractivity contribution in [2.45, 2.75) is 39.3 Å². The Hall–Kier alpha value is -1.62. The van der Waals surface area contributed by atoms with Crippen molar-refractivity contribution in [1.29, 1.82) is 0 Å². The van der Waals surface area contributed by atoms with Crippen LogP contribution in [0.1, 0.15) is 32.4 Å². The predicted molar refractivity (Wildman–Crippen MR) is 68.6 cm³/mol. The molecule has 5 heteroatoms. The molecule has 1 heterocycles. The first kappa shape index (κ1) is 14.4. The molecule has 1 aromatic heterocycles. The molecule has 0 aliphatic rings. The Balaban J connectivity index is 2.58. The van der Waals surface area contributed by atoms with E-state index in [9.17, 15) is 4.79 Å². The van der Waals surface area contributed by atoms with Crippen molar-refractivity contribution in [3.05, 3.63) is 24.0 Å². The number of nitrogens with one attached hydrogen (secondary N) is 1. The second-order valence-electron chi connectivity index (χ2n) is 4.00. The normalized spacial score (nSPS) is 12.1. The average Bonchev–Trinajstić information content (AvgIpc) is 2.37. The lowest BCUT2D eigenvalue weighted by Gasteiger charge is -2.14. The third-order valence-corrected chi connectivity index (χ3v) is 2.46. The Morgan fingerprint density at radius 3 is 2.78 bits per heavy atom. The third-order valence-electron chi connectivity index (χ3n) is 2.46. The number of carboxylic acids is 1. The summed E-state index contributed by atoms with van der Waals surface area (Å²) in [5, 5.41) is 12.1. The van der Waals surface area contributed by atoms with Crippen LogP contribution >= 0.6 is 0 Å². The van der Waals surface area contributed by atoms with Crippen LogP contribution < -0.4 is 10.1 Å². The largest absolute Gasteiger partial charge is 0.479 e. The van der Waals surface area contributed by atoms with Gasteiger partial charge in [-0.1, -0.05) is 20.3 Å². The summed E-state index contributed by atoms with van der Waals surface area (Å²) in [4.78, 5) is 15.2. The number of nitrogens with zero attached hydrogens (tertiary/aromatic N) is 1. The van der Waals surface area contributed by atoms with E-state index in [0.29, 0.717) is 18.7 Å². The monoisotopic (exact) mass is 252 g/mol. The zero-order valence-electron chi connectivity index (χ0n) is 10.8. The molecule has 100 valence electrons. The van der Waals surface area contributed by atoms with Crippen molar-refractivity contribution in [2.75, 3.05) is 6.54 Å². The van der Waals surface area contributed by atoms with Gasteiger partial charge >= 0.3 is 5.97 Å². The molecule has 0 aromatic carbocycles. The smallest absolute Gasteiger partial charge is 0.344 e.